The van der Waals surface area contributed by atoms with Crippen molar-refractivity contribution in [1.82, 2.24) is 25.5 Å². The average molecular weight is 473 g/mol. The van der Waals surface area contributed by atoms with E-state index in [4.69, 9.17) is 4.74 Å². The SMILES string of the molecule is CCC[n+]1c(-c2ccncn2)n[nH]c1CNc1cccc(C(=O)N[C@H](C)c2cccc(OC)c2)c1. The van der Waals surface area contributed by atoms with Gasteiger partial charge in [0.1, 0.15) is 24.3 Å². The quantitative estimate of drug-likeness (QED) is 0.304. The standard InChI is InChI=1S/C26H29N7O2/c1-4-13-33-24(31-32-25(33)23-11-12-27-17-29-23)16-28-21-9-5-8-20(14-21)26(34)30-18(2)19-7-6-10-22(15-19)35-3/h5-12,14-15,17-18,28H,4,13,16H2,1-3H3,(H,30,34)/p+1/t18-/m1/s1. The maximum atomic E-state index is 12.9. The summed E-state index contributed by atoms with van der Waals surface area (Å²) >= 11 is 0. The second-order valence-electron chi connectivity index (χ2n) is 8.15. The topological polar surface area (TPSA) is 109 Å². The van der Waals surface area contributed by atoms with Crippen LogP contribution in [0, 0.1) is 0 Å². The average Bonchev–Trinajstić information content (AvgIpc) is 3.30. The molecule has 2 aromatic carbocycles. The smallest absolute Gasteiger partial charge is 0.327 e. The zero-order valence-corrected chi connectivity index (χ0v) is 20.2. The van der Waals surface area contributed by atoms with Crippen molar-refractivity contribution < 1.29 is 14.1 Å². The highest BCUT2D eigenvalue weighted by atomic mass is 16.5. The van der Waals surface area contributed by atoms with Crippen LogP contribution in [0.3, 0.4) is 0 Å². The molecule has 0 saturated heterocycles. The molecule has 2 aromatic heterocycles. The number of hydrogen-bond acceptors (Lipinski definition) is 6. The van der Waals surface area contributed by atoms with E-state index in [0.717, 1.165) is 47.3 Å². The summed E-state index contributed by atoms with van der Waals surface area (Å²) in [6.45, 7) is 5.39. The minimum atomic E-state index is -0.160. The molecule has 4 aromatic rings. The number of methoxy groups -OCH3 is 1. The predicted octanol–water partition coefficient (Wildman–Crippen LogP) is 3.68. The second kappa shape index (κ2) is 11.2. The number of nitrogens with zero attached hydrogens (tertiary/aromatic N) is 4. The Hall–Kier alpha value is -4.27. The van der Waals surface area contributed by atoms with Crippen LogP contribution in [0.4, 0.5) is 5.69 Å². The van der Waals surface area contributed by atoms with Crippen LogP contribution in [0.5, 0.6) is 5.75 Å². The van der Waals surface area contributed by atoms with Gasteiger partial charge in [0, 0.05) is 22.5 Å². The van der Waals surface area contributed by atoms with Crippen LogP contribution in [0.1, 0.15) is 48.1 Å². The zero-order valence-electron chi connectivity index (χ0n) is 20.2. The molecule has 1 atom stereocenters. The van der Waals surface area contributed by atoms with Crippen molar-refractivity contribution in [3.63, 3.8) is 0 Å². The number of carbonyl (C=O) groups excluding carboxylic acids is 1. The molecule has 0 aliphatic rings. The van der Waals surface area contributed by atoms with Gasteiger partial charge in [-0.25, -0.2) is 14.5 Å². The van der Waals surface area contributed by atoms with Crippen molar-refractivity contribution in [2.75, 3.05) is 12.4 Å². The first-order chi connectivity index (χ1) is 17.1. The van der Waals surface area contributed by atoms with Gasteiger partial charge in [-0.05, 0) is 55.3 Å². The monoisotopic (exact) mass is 472 g/mol. The number of anilines is 1. The Kier molecular flexibility index (Phi) is 7.67. The van der Waals surface area contributed by atoms with Crippen molar-refractivity contribution in [2.45, 2.75) is 39.4 Å². The normalized spacial score (nSPS) is 11.6. The van der Waals surface area contributed by atoms with Crippen LogP contribution in [0.15, 0.2) is 67.1 Å². The third kappa shape index (κ3) is 5.81. The summed E-state index contributed by atoms with van der Waals surface area (Å²) in [6.07, 6.45) is 4.18. The minimum absolute atomic E-state index is 0.141. The molecule has 0 radical (unpaired) electrons. The second-order valence-corrected chi connectivity index (χ2v) is 8.15. The molecular formula is C26H30N7O2+. The van der Waals surface area contributed by atoms with Gasteiger partial charge in [-0.1, -0.05) is 25.1 Å². The molecule has 35 heavy (non-hydrogen) atoms. The van der Waals surface area contributed by atoms with Gasteiger partial charge in [0.15, 0.2) is 0 Å². The molecule has 0 bridgehead atoms. The summed E-state index contributed by atoms with van der Waals surface area (Å²) in [7, 11) is 1.63. The lowest BCUT2D eigenvalue weighted by atomic mass is 10.1. The third-order valence-electron chi connectivity index (χ3n) is 5.66. The molecule has 4 rings (SSSR count). The molecular weight excluding hydrogens is 442 g/mol. The Bertz CT molecular complexity index is 1270. The number of aromatic nitrogens is 5. The molecule has 1 amide bonds. The number of nitrogens with one attached hydrogen (secondary N) is 3. The zero-order chi connectivity index (χ0) is 24.6. The van der Waals surface area contributed by atoms with Gasteiger partial charge in [0.25, 0.3) is 11.7 Å². The fourth-order valence-electron chi connectivity index (χ4n) is 3.81. The maximum absolute atomic E-state index is 12.9. The van der Waals surface area contributed by atoms with Crippen LogP contribution in [-0.4, -0.2) is 33.2 Å². The van der Waals surface area contributed by atoms with E-state index in [9.17, 15) is 4.79 Å². The molecule has 3 N–H and O–H groups in total. The number of benzene rings is 2. The van der Waals surface area contributed by atoms with Crippen molar-refractivity contribution in [3.8, 4) is 17.3 Å². The highest BCUT2D eigenvalue weighted by Gasteiger charge is 2.22. The first-order valence-electron chi connectivity index (χ1n) is 11.6. The first-order valence-corrected chi connectivity index (χ1v) is 11.6. The summed E-state index contributed by atoms with van der Waals surface area (Å²) in [4.78, 5) is 21.2. The van der Waals surface area contributed by atoms with Gasteiger partial charge in [0.05, 0.1) is 19.7 Å². The Morgan fingerprint density at radius 3 is 2.80 bits per heavy atom. The van der Waals surface area contributed by atoms with E-state index in [0.29, 0.717) is 12.1 Å². The summed E-state index contributed by atoms with van der Waals surface area (Å²) in [5.41, 5.74) is 3.16. The lowest BCUT2D eigenvalue weighted by Crippen LogP contribution is -2.39. The Morgan fingerprint density at radius 2 is 2.03 bits per heavy atom. The highest BCUT2D eigenvalue weighted by Crippen LogP contribution is 2.20. The van der Waals surface area contributed by atoms with Crippen molar-refractivity contribution in [3.05, 3.63) is 84.1 Å². The van der Waals surface area contributed by atoms with Crippen LogP contribution in [0.2, 0.25) is 0 Å². The fourth-order valence-corrected chi connectivity index (χ4v) is 3.81. The van der Waals surface area contributed by atoms with E-state index < -0.39 is 0 Å². The van der Waals surface area contributed by atoms with Crippen LogP contribution in [0.25, 0.3) is 11.5 Å². The number of ether oxygens (including phenoxy) is 1. The Balaban J connectivity index is 1.44. The van der Waals surface area contributed by atoms with E-state index in [1.54, 1.807) is 19.4 Å². The van der Waals surface area contributed by atoms with E-state index >= 15 is 0 Å². The summed E-state index contributed by atoms with van der Waals surface area (Å²) < 4.78 is 7.40. The van der Waals surface area contributed by atoms with Crippen LogP contribution >= 0.6 is 0 Å². The molecule has 2 heterocycles. The number of carbonyl (C=O) groups is 1. The van der Waals surface area contributed by atoms with Crippen molar-refractivity contribution in [1.29, 1.82) is 0 Å². The predicted molar refractivity (Wildman–Crippen MR) is 133 cm³/mol. The number of hydrogen-bond donors (Lipinski definition) is 3. The van der Waals surface area contributed by atoms with E-state index in [1.165, 1.54) is 6.33 Å². The lowest BCUT2D eigenvalue weighted by molar-refractivity contribution is -0.693. The van der Waals surface area contributed by atoms with Crippen molar-refractivity contribution >= 4 is 11.6 Å². The summed E-state index contributed by atoms with van der Waals surface area (Å²) in [5, 5.41) is 14.0. The Morgan fingerprint density at radius 1 is 1.17 bits per heavy atom. The van der Waals surface area contributed by atoms with Crippen molar-refractivity contribution in [2.24, 2.45) is 0 Å². The van der Waals surface area contributed by atoms with Gasteiger partial charge in [0.2, 0.25) is 0 Å². The summed E-state index contributed by atoms with van der Waals surface area (Å²) in [6, 6.07) is 16.8. The number of rotatable bonds is 10. The summed E-state index contributed by atoms with van der Waals surface area (Å²) in [5.74, 6) is 2.31. The van der Waals surface area contributed by atoms with Gasteiger partial charge >= 0.3 is 5.82 Å². The van der Waals surface area contributed by atoms with E-state index in [-0.39, 0.29) is 11.9 Å². The van der Waals surface area contributed by atoms with E-state index in [2.05, 4.69) is 42.3 Å². The molecule has 0 spiro atoms. The van der Waals surface area contributed by atoms with Gasteiger partial charge < -0.3 is 15.4 Å². The minimum Gasteiger partial charge on any atom is -0.497 e. The molecule has 9 heteroatoms. The third-order valence-corrected chi connectivity index (χ3v) is 5.66. The molecule has 180 valence electrons. The molecule has 9 nitrogen and oxygen atoms in total. The molecule has 0 saturated carbocycles. The van der Waals surface area contributed by atoms with Gasteiger partial charge in [-0.2, -0.15) is 0 Å². The molecule has 0 aliphatic carbocycles. The largest absolute Gasteiger partial charge is 0.497 e. The maximum Gasteiger partial charge on any atom is 0.327 e. The lowest BCUT2D eigenvalue weighted by Gasteiger charge is -2.16. The molecule has 0 aliphatic heterocycles. The highest BCUT2D eigenvalue weighted by molar-refractivity contribution is 5.95. The van der Waals surface area contributed by atoms with Crippen LogP contribution < -0.4 is 19.9 Å². The molecule has 0 fully saturated rings. The van der Waals surface area contributed by atoms with E-state index in [1.807, 2.05) is 55.5 Å². The van der Waals surface area contributed by atoms with Gasteiger partial charge in [-0.15, -0.1) is 5.10 Å². The number of amides is 1. The number of aromatic amines is 1. The Labute approximate surface area is 204 Å². The fraction of sp³-hybridized carbons (Fsp3) is 0.269. The number of H-pyrrole nitrogens is 1. The first kappa shape index (κ1) is 23.9. The van der Waals surface area contributed by atoms with Crippen LogP contribution in [-0.2, 0) is 13.1 Å². The molecule has 0 unspecified atom stereocenters. The van der Waals surface area contributed by atoms with Gasteiger partial charge in [-0.3, -0.25) is 4.79 Å².